The molecule has 4 aliphatic heterocycles. The van der Waals surface area contributed by atoms with Gasteiger partial charge in [0.15, 0.2) is 0 Å². The highest BCUT2D eigenvalue weighted by atomic mass is 32.1. The number of benzene rings is 1. The van der Waals surface area contributed by atoms with Crippen molar-refractivity contribution in [3.63, 3.8) is 0 Å². The molecule has 69 heavy (non-hydrogen) atoms. The fraction of sp³-hybridized carbons (Fsp3) is 0.549. The minimum atomic E-state index is -1.10. The number of methoxy groups -OCH3 is 1. The van der Waals surface area contributed by atoms with Crippen molar-refractivity contribution >= 4 is 52.0 Å². The zero-order valence-electron chi connectivity index (χ0n) is 41.2. The average Bonchev–Trinajstić information content (AvgIpc) is 3.95. The predicted molar refractivity (Wildman–Crippen MR) is 263 cm³/mol. The van der Waals surface area contributed by atoms with E-state index in [0.717, 1.165) is 44.7 Å². The summed E-state index contributed by atoms with van der Waals surface area (Å²) < 4.78 is 20.2. The number of pyridine rings is 1. The number of hydrogen-bond donors (Lipinski definition) is 2. The number of aryl methyl sites for hydroxylation is 1. The Morgan fingerprint density at radius 3 is 2.67 bits per heavy atom. The maximum atomic E-state index is 14.7. The van der Waals surface area contributed by atoms with Crippen molar-refractivity contribution in [2.45, 2.75) is 117 Å². The first-order valence-corrected chi connectivity index (χ1v) is 25.1. The summed E-state index contributed by atoms with van der Waals surface area (Å²) in [4.78, 5) is 85.1. The number of amides is 5. The molecule has 18 heteroatoms. The van der Waals surface area contributed by atoms with Crippen LogP contribution >= 0.6 is 11.3 Å². The van der Waals surface area contributed by atoms with Crippen LogP contribution in [0.5, 0.6) is 0 Å². The Balaban J connectivity index is 1.13. The van der Waals surface area contributed by atoms with E-state index in [1.54, 1.807) is 30.2 Å². The number of likely N-dealkylation sites (tertiary alicyclic amines) is 1. The van der Waals surface area contributed by atoms with Crippen LogP contribution in [0.1, 0.15) is 83.2 Å². The van der Waals surface area contributed by atoms with Crippen LogP contribution in [0.25, 0.3) is 33.4 Å². The van der Waals surface area contributed by atoms with Crippen LogP contribution in [-0.2, 0) is 52.8 Å². The number of likely N-dealkylation sites (N-methyl/N-ethyl adjacent to an activating group) is 1. The number of hydrazine groups is 1. The number of cyclic esters (lactones) is 1. The van der Waals surface area contributed by atoms with Gasteiger partial charge in [-0.1, -0.05) is 40.3 Å². The van der Waals surface area contributed by atoms with Gasteiger partial charge in [-0.25, -0.2) is 15.2 Å². The van der Waals surface area contributed by atoms with Crippen LogP contribution in [0.2, 0.25) is 0 Å². The Kier molecular flexibility index (Phi) is 14.9. The quantitative estimate of drug-likeness (QED) is 0.154. The number of rotatable bonds is 9. The molecule has 0 spiro atoms. The lowest BCUT2D eigenvalue weighted by atomic mass is 9.84. The molecule has 5 amide bonds. The van der Waals surface area contributed by atoms with Gasteiger partial charge in [0.1, 0.15) is 18.1 Å². The number of esters is 1. The number of nitrogens with one attached hydrogen (secondary N) is 2. The average molecular weight is 966 g/mol. The zero-order chi connectivity index (χ0) is 49.3. The maximum Gasteiger partial charge on any atom is 0.324 e. The van der Waals surface area contributed by atoms with Gasteiger partial charge in [-0.05, 0) is 81.4 Å². The van der Waals surface area contributed by atoms with Gasteiger partial charge in [0.2, 0.25) is 11.8 Å². The number of fused-ring (bicyclic) bond motifs is 7. The van der Waals surface area contributed by atoms with E-state index in [4.69, 9.17) is 24.2 Å². The molecule has 3 aromatic heterocycles. The second-order valence-corrected chi connectivity index (χ2v) is 20.7. The molecule has 3 saturated heterocycles. The molecule has 370 valence electrons. The number of nitrogens with zero attached hydrogens (tertiary/aromatic N) is 7. The minimum Gasteiger partial charge on any atom is -0.464 e. The lowest BCUT2D eigenvalue weighted by molar-refractivity contribution is -0.155. The Morgan fingerprint density at radius 1 is 1.13 bits per heavy atom. The highest BCUT2D eigenvalue weighted by molar-refractivity contribution is 7.10. The largest absolute Gasteiger partial charge is 0.464 e. The van der Waals surface area contributed by atoms with Crippen molar-refractivity contribution < 1.29 is 38.2 Å². The van der Waals surface area contributed by atoms with Crippen molar-refractivity contribution in [2.75, 3.05) is 53.6 Å². The number of carbonyl (C=O) groups is 5. The summed E-state index contributed by atoms with van der Waals surface area (Å²) in [7, 11) is 3.28. The maximum absolute atomic E-state index is 14.7. The lowest BCUT2D eigenvalue weighted by Crippen LogP contribution is -2.65. The molecule has 6 bridgehead atoms. The van der Waals surface area contributed by atoms with E-state index >= 15 is 0 Å². The van der Waals surface area contributed by atoms with Gasteiger partial charge in [-0.3, -0.25) is 29.2 Å². The number of urea groups is 1. The van der Waals surface area contributed by atoms with E-state index in [-0.39, 0.29) is 55.7 Å². The standard InChI is InChI=1S/C51H67N9O8S/c1-10-43(61)59-22-23-67-41-18-21-57(27-40(41)59)50(65)56(8)45(30(3)4)47(62)54-37-25-42-53-38(28-69-42)32-16-17-39-34(24-32)35(46(58(39)11-2)33-14-12-19-52-44(33)31(5)66-9)26-51(6,7)29-68-49(64)36-15-13-20-60(55-36)48(37)63/h10,12,14,16-17,19,24,28,30-31,36-37,40-41,45,55H,1,11,13,15,18,20-23,25-27,29H2,2-9H3,(H,54,62)/t31-,36-,37-,40-,41-,45-/m0/s1. The van der Waals surface area contributed by atoms with Crippen molar-refractivity contribution in [2.24, 2.45) is 11.3 Å². The number of piperidine rings is 1. The van der Waals surface area contributed by atoms with E-state index in [9.17, 15) is 24.0 Å². The molecular weight excluding hydrogens is 899 g/mol. The van der Waals surface area contributed by atoms with Gasteiger partial charge in [0.05, 0.1) is 53.6 Å². The van der Waals surface area contributed by atoms with Crippen LogP contribution in [-0.4, -0.2) is 148 Å². The molecule has 0 saturated carbocycles. The number of morpholine rings is 1. The fourth-order valence-corrected chi connectivity index (χ4v) is 11.4. The first-order valence-electron chi connectivity index (χ1n) is 24.2. The Morgan fingerprint density at radius 2 is 1.93 bits per heavy atom. The summed E-state index contributed by atoms with van der Waals surface area (Å²) in [5.41, 5.74) is 9.23. The molecule has 4 aliphatic rings. The SMILES string of the molecule is C=CC(=O)N1CCO[C@H]2CCN(C(=O)N(C)[C@H](C(=O)N[C@H]3Cc4nc(cs4)-c4ccc5c(c4)c(c(-c4cccnc4[C@H](C)OC)n5CC)CC(C)(C)COC(=O)[C@@H]4CCCN(N4)C3=O)C(C)C)C[C@@H]21. The summed E-state index contributed by atoms with van der Waals surface area (Å²) in [6, 6.07) is 6.83. The van der Waals surface area contributed by atoms with E-state index in [1.807, 2.05) is 32.2 Å². The highest BCUT2D eigenvalue weighted by Gasteiger charge is 2.43. The third-order valence-corrected chi connectivity index (χ3v) is 15.0. The van der Waals surface area contributed by atoms with Crippen LogP contribution in [0.3, 0.4) is 0 Å². The lowest BCUT2D eigenvalue weighted by Gasteiger charge is -2.47. The molecule has 1 aromatic carbocycles. The first kappa shape index (κ1) is 49.7. The van der Waals surface area contributed by atoms with E-state index in [0.29, 0.717) is 63.5 Å². The molecule has 6 atom stereocenters. The molecule has 0 unspecified atom stereocenters. The third kappa shape index (κ3) is 10.2. The third-order valence-electron chi connectivity index (χ3n) is 14.1. The second kappa shape index (κ2) is 20.7. The van der Waals surface area contributed by atoms with Crippen molar-refractivity contribution in [1.29, 1.82) is 0 Å². The van der Waals surface area contributed by atoms with E-state index < -0.39 is 41.3 Å². The van der Waals surface area contributed by atoms with Gasteiger partial charge < -0.3 is 38.8 Å². The normalized spacial score (nSPS) is 22.9. The van der Waals surface area contributed by atoms with Gasteiger partial charge in [-0.2, -0.15) is 0 Å². The molecule has 2 N–H and O–H groups in total. The minimum absolute atomic E-state index is 0.0624. The van der Waals surface area contributed by atoms with Crippen molar-refractivity contribution in [1.82, 2.24) is 45.0 Å². The number of hydrogen-bond acceptors (Lipinski definition) is 12. The number of ether oxygens (including phenoxy) is 3. The molecule has 4 aromatic rings. The molecule has 17 nitrogen and oxygen atoms in total. The molecule has 3 fully saturated rings. The summed E-state index contributed by atoms with van der Waals surface area (Å²) in [6.45, 7) is 18.3. The topological polar surface area (TPSA) is 181 Å². The molecular formula is C51H67N9O8S. The number of carbonyl (C=O) groups excluding carboxylic acids is 5. The number of aromatic nitrogens is 3. The van der Waals surface area contributed by atoms with Crippen LogP contribution in [0.15, 0.2) is 54.6 Å². The van der Waals surface area contributed by atoms with E-state index in [2.05, 4.69) is 66.9 Å². The molecule has 7 heterocycles. The fourth-order valence-electron chi connectivity index (χ4n) is 10.5. The van der Waals surface area contributed by atoms with Crippen LogP contribution in [0.4, 0.5) is 4.79 Å². The Bertz CT molecular complexity index is 2590. The Labute approximate surface area is 408 Å². The van der Waals surface area contributed by atoms with Gasteiger partial charge in [0, 0.05) is 92.3 Å². The first-order chi connectivity index (χ1) is 33.0. The highest BCUT2D eigenvalue weighted by Crippen LogP contribution is 2.42. The predicted octanol–water partition coefficient (Wildman–Crippen LogP) is 5.77. The Hall–Kier alpha value is -5.69. The summed E-state index contributed by atoms with van der Waals surface area (Å²) >= 11 is 1.40. The summed E-state index contributed by atoms with van der Waals surface area (Å²) in [5, 5.41) is 8.11. The van der Waals surface area contributed by atoms with Gasteiger partial charge in [0.25, 0.3) is 5.91 Å². The van der Waals surface area contributed by atoms with Crippen LogP contribution < -0.4 is 10.7 Å². The summed E-state index contributed by atoms with van der Waals surface area (Å²) in [6.07, 6.45) is 4.76. The van der Waals surface area contributed by atoms with Gasteiger partial charge >= 0.3 is 12.0 Å². The molecule has 8 rings (SSSR count). The zero-order valence-corrected chi connectivity index (χ0v) is 42.0. The monoisotopic (exact) mass is 965 g/mol. The number of thiazole rings is 1. The van der Waals surface area contributed by atoms with Crippen LogP contribution in [0, 0.1) is 11.3 Å². The van der Waals surface area contributed by atoms with Crippen molar-refractivity contribution in [3.05, 3.63) is 70.8 Å². The van der Waals surface area contributed by atoms with E-state index in [1.165, 1.54) is 27.3 Å². The molecule has 0 aliphatic carbocycles. The molecule has 0 radical (unpaired) electrons. The van der Waals surface area contributed by atoms with Gasteiger partial charge in [-0.15, -0.1) is 11.3 Å². The smallest absolute Gasteiger partial charge is 0.324 e. The van der Waals surface area contributed by atoms with Crippen molar-refractivity contribution in [3.8, 4) is 22.5 Å². The summed E-state index contributed by atoms with van der Waals surface area (Å²) in [5.74, 6) is -1.96. The second-order valence-electron chi connectivity index (χ2n) is 19.8.